The first-order valence-corrected chi connectivity index (χ1v) is 4.51. The summed E-state index contributed by atoms with van der Waals surface area (Å²) in [6.07, 6.45) is 0.332. The Morgan fingerprint density at radius 2 is 2.14 bits per heavy atom. The largest absolute Gasteiger partial charge is 0.479 e. The third-order valence-corrected chi connectivity index (χ3v) is 2.65. The normalized spacial score (nSPS) is 39.7. The van der Waals surface area contributed by atoms with E-state index in [4.69, 9.17) is 24.7 Å². The van der Waals surface area contributed by atoms with E-state index in [-0.39, 0.29) is 12.5 Å². The van der Waals surface area contributed by atoms with Crippen molar-refractivity contribution >= 4 is 5.97 Å². The van der Waals surface area contributed by atoms with E-state index < -0.39 is 17.4 Å². The van der Waals surface area contributed by atoms with Gasteiger partial charge in [0.15, 0.2) is 0 Å². The van der Waals surface area contributed by atoms with Crippen molar-refractivity contribution in [2.24, 2.45) is 0 Å². The molecule has 2 atom stereocenters. The van der Waals surface area contributed by atoms with E-state index in [1.165, 1.54) is 0 Å². The van der Waals surface area contributed by atoms with E-state index in [0.29, 0.717) is 6.42 Å². The van der Waals surface area contributed by atoms with Crippen LogP contribution in [-0.2, 0) is 24.3 Å². The fourth-order valence-electron chi connectivity index (χ4n) is 1.74. The van der Waals surface area contributed by atoms with Gasteiger partial charge < -0.3 is 5.11 Å². The minimum absolute atomic E-state index is 0.217. The molecule has 1 N–H and O–H groups in total. The second-order valence-electron chi connectivity index (χ2n) is 3.60. The minimum atomic E-state index is -1.54. The molecule has 2 aliphatic heterocycles. The molecule has 0 amide bonds. The topological polar surface area (TPSA) is 80.8 Å². The van der Waals surface area contributed by atoms with Crippen LogP contribution in [0.2, 0.25) is 0 Å². The fourth-order valence-corrected chi connectivity index (χ4v) is 1.74. The zero-order valence-corrected chi connectivity index (χ0v) is 7.98. The summed E-state index contributed by atoms with van der Waals surface area (Å²) in [7, 11) is 0. The summed E-state index contributed by atoms with van der Waals surface area (Å²) in [6.45, 7) is 3.44. The highest BCUT2D eigenvalue weighted by molar-refractivity contribution is 5.79. The molecule has 0 aliphatic carbocycles. The van der Waals surface area contributed by atoms with Crippen LogP contribution in [0.1, 0.15) is 26.7 Å². The Balaban J connectivity index is 2.28. The van der Waals surface area contributed by atoms with E-state index in [0.717, 1.165) is 0 Å². The lowest BCUT2D eigenvalue weighted by Crippen LogP contribution is -2.58. The standard InChI is InChI=1S/C8H12O6/c1-3-7(6(9)10)8(13-14-8)4-5(2)11-12-7/h5H,3-4H2,1-2H3,(H,9,10). The maximum absolute atomic E-state index is 11.1. The van der Waals surface area contributed by atoms with Crippen LogP contribution in [0.3, 0.4) is 0 Å². The van der Waals surface area contributed by atoms with E-state index in [1.54, 1.807) is 13.8 Å². The van der Waals surface area contributed by atoms with Crippen LogP contribution in [0, 0.1) is 0 Å². The molecule has 0 radical (unpaired) electrons. The molecule has 0 aromatic heterocycles. The van der Waals surface area contributed by atoms with Gasteiger partial charge in [-0.05, 0) is 13.3 Å². The van der Waals surface area contributed by atoms with Crippen molar-refractivity contribution in [2.75, 3.05) is 0 Å². The molecule has 6 nitrogen and oxygen atoms in total. The first-order valence-electron chi connectivity index (χ1n) is 4.51. The van der Waals surface area contributed by atoms with Crippen LogP contribution < -0.4 is 0 Å². The summed E-state index contributed by atoms with van der Waals surface area (Å²) >= 11 is 0. The van der Waals surface area contributed by atoms with Crippen LogP contribution >= 0.6 is 0 Å². The average molecular weight is 204 g/mol. The van der Waals surface area contributed by atoms with Crippen LogP contribution in [0.5, 0.6) is 0 Å². The Kier molecular flexibility index (Phi) is 2.04. The zero-order chi connectivity index (χ0) is 10.4. The number of hydrogen-bond acceptors (Lipinski definition) is 5. The van der Waals surface area contributed by atoms with Crippen LogP contribution in [0.4, 0.5) is 0 Å². The Bertz CT molecular complexity index is 261. The summed E-state index contributed by atoms with van der Waals surface area (Å²) in [5.74, 6) is -2.30. The van der Waals surface area contributed by atoms with Crippen molar-refractivity contribution in [3.8, 4) is 0 Å². The highest BCUT2D eigenvalue weighted by Gasteiger charge is 2.73. The van der Waals surface area contributed by atoms with Gasteiger partial charge in [0.05, 0.1) is 6.10 Å². The van der Waals surface area contributed by atoms with Crippen molar-refractivity contribution in [2.45, 2.75) is 44.2 Å². The van der Waals surface area contributed by atoms with Crippen molar-refractivity contribution in [1.29, 1.82) is 0 Å². The number of carbonyl (C=O) groups is 1. The third-order valence-electron chi connectivity index (χ3n) is 2.65. The van der Waals surface area contributed by atoms with Gasteiger partial charge in [0.1, 0.15) is 0 Å². The Hall–Kier alpha value is -0.690. The predicted molar refractivity (Wildman–Crippen MR) is 41.8 cm³/mol. The molecule has 14 heavy (non-hydrogen) atoms. The lowest BCUT2D eigenvalue weighted by molar-refractivity contribution is -0.416. The van der Waals surface area contributed by atoms with Crippen molar-refractivity contribution in [3.05, 3.63) is 0 Å². The van der Waals surface area contributed by atoms with Crippen molar-refractivity contribution in [3.63, 3.8) is 0 Å². The molecule has 80 valence electrons. The van der Waals surface area contributed by atoms with Gasteiger partial charge in [-0.2, -0.15) is 9.78 Å². The minimum Gasteiger partial charge on any atom is -0.479 e. The Labute approximate surface area is 80.6 Å². The zero-order valence-electron chi connectivity index (χ0n) is 7.98. The van der Waals surface area contributed by atoms with Crippen LogP contribution in [-0.4, -0.2) is 28.6 Å². The van der Waals surface area contributed by atoms with E-state index >= 15 is 0 Å². The molecule has 2 rings (SSSR count). The lowest BCUT2D eigenvalue weighted by Gasteiger charge is -2.35. The second kappa shape index (κ2) is 2.90. The maximum Gasteiger partial charge on any atom is 0.345 e. The van der Waals surface area contributed by atoms with E-state index in [1.807, 2.05) is 0 Å². The Morgan fingerprint density at radius 3 is 2.57 bits per heavy atom. The first kappa shape index (κ1) is 9.85. The monoisotopic (exact) mass is 204 g/mol. The molecule has 2 unspecified atom stereocenters. The summed E-state index contributed by atoms with van der Waals surface area (Å²) < 4.78 is 0. The molecular formula is C8H12O6. The lowest BCUT2D eigenvalue weighted by atomic mass is 9.87. The molecule has 2 saturated heterocycles. The first-order chi connectivity index (χ1) is 6.56. The van der Waals surface area contributed by atoms with Gasteiger partial charge in [0.2, 0.25) is 0 Å². The van der Waals surface area contributed by atoms with Gasteiger partial charge in [-0.3, -0.25) is 0 Å². The van der Waals surface area contributed by atoms with Crippen LogP contribution in [0.25, 0.3) is 0 Å². The molecule has 2 heterocycles. The van der Waals surface area contributed by atoms with Crippen LogP contribution in [0.15, 0.2) is 0 Å². The second-order valence-corrected chi connectivity index (χ2v) is 3.60. The van der Waals surface area contributed by atoms with Crippen molar-refractivity contribution < 1.29 is 29.5 Å². The number of carboxylic acid groups (broad SMARTS) is 1. The van der Waals surface area contributed by atoms with Gasteiger partial charge in [-0.25, -0.2) is 14.6 Å². The molecule has 0 saturated carbocycles. The number of hydrogen-bond donors (Lipinski definition) is 1. The quantitative estimate of drug-likeness (QED) is 0.524. The summed E-state index contributed by atoms with van der Waals surface area (Å²) in [5.41, 5.74) is -1.54. The summed E-state index contributed by atoms with van der Waals surface area (Å²) in [5, 5.41) is 9.09. The predicted octanol–water partition coefficient (Wildman–Crippen LogP) is 0.618. The molecule has 2 fully saturated rings. The molecule has 6 heteroatoms. The SMILES string of the molecule is CCC1(C(=O)O)OOC(C)CC12OO2. The van der Waals surface area contributed by atoms with Gasteiger partial charge >= 0.3 is 5.97 Å². The number of aliphatic carboxylic acids is 1. The highest BCUT2D eigenvalue weighted by Crippen LogP contribution is 2.51. The molecule has 0 bridgehead atoms. The maximum atomic E-state index is 11.1. The van der Waals surface area contributed by atoms with Crippen molar-refractivity contribution in [1.82, 2.24) is 0 Å². The average Bonchev–Trinajstić information content (AvgIpc) is 2.86. The number of carboxylic acids is 1. The molecule has 1 spiro atoms. The third kappa shape index (κ3) is 1.08. The van der Waals surface area contributed by atoms with E-state index in [2.05, 4.69) is 0 Å². The molecule has 2 aliphatic rings. The smallest absolute Gasteiger partial charge is 0.345 e. The molecule has 0 aromatic carbocycles. The van der Waals surface area contributed by atoms with Gasteiger partial charge in [-0.15, -0.1) is 0 Å². The van der Waals surface area contributed by atoms with Gasteiger partial charge in [0, 0.05) is 6.42 Å². The van der Waals surface area contributed by atoms with Gasteiger partial charge in [0.25, 0.3) is 11.4 Å². The number of rotatable bonds is 2. The van der Waals surface area contributed by atoms with E-state index in [9.17, 15) is 4.79 Å². The Morgan fingerprint density at radius 1 is 1.50 bits per heavy atom. The molecular weight excluding hydrogens is 192 g/mol. The van der Waals surface area contributed by atoms with Gasteiger partial charge in [-0.1, -0.05) is 6.92 Å². The highest BCUT2D eigenvalue weighted by atomic mass is 17.4. The molecule has 0 aromatic rings. The fraction of sp³-hybridized carbons (Fsp3) is 0.875. The summed E-state index contributed by atoms with van der Waals surface area (Å²) in [4.78, 5) is 30.5. The summed E-state index contributed by atoms with van der Waals surface area (Å²) in [6, 6.07) is 0.